The summed E-state index contributed by atoms with van der Waals surface area (Å²) in [5.41, 5.74) is 0.662. The average Bonchev–Trinajstić information content (AvgIpc) is 2.19. The van der Waals surface area contributed by atoms with Gasteiger partial charge in [0, 0.05) is 18.2 Å². The first-order valence-electron chi connectivity index (χ1n) is 5.00. The molecule has 84 valence electrons. The second-order valence-electron chi connectivity index (χ2n) is 3.79. The zero-order valence-corrected chi connectivity index (χ0v) is 8.80. The highest BCUT2D eigenvalue weighted by molar-refractivity contribution is 6.06. The molecule has 1 atom stereocenters. The fourth-order valence-electron chi connectivity index (χ4n) is 1.78. The number of aromatic hydroxyl groups is 1. The Balaban J connectivity index is 2.29. The zero-order chi connectivity index (χ0) is 11.7. The molecule has 16 heavy (non-hydrogen) atoms. The van der Waals surface area contributed by atoms with E-state index in [1.807, 2.05) is 6.92 Å². The molecule has 0 aliphatic carbocycles. The zero-order valence-electron chi connectivity index (χ0n) is 8.80. The van der Waals surface area contributed by atoms with Gasteiger partial charge in [-0.25, -0.2) is 4.79 Å². The molecule has 0 radical (unpaired) electrons. The molecule has 1 aliphatic rings. The predicted molar refractivity (Wildman–Crippen MR) is 58.2 cm³/mol. The number of anilines is 1. The van der Waals surface area contributed by atoms with E-state index < -0.39 is 6.03 Å². The van der Waals surface area contributed by atoms with E-state index >= 15 is 0 Å². The standard InChI is InChI=1S/C11H12N2O3/c1-7-6-10(15)12-11(16)13(7)8-2-4-9(14)5-3-8/h2-5,7,14H,6H2,1H3,(H,12,15,16). The van der Waals surface area contributed by atoms with Crippen molar-refractivity contribution >= 4 is 17.6 Å². The van der Waals surface area contributed by atoms with Crippen molar-refractivity contribution in [1.29, 1.82) is 0 Å². The molecule has 1 aromatic carbocycles. The highest BCUT2D eigenvalue weighted by atomic mass is 16.3. The third-order valence-electron chi connectivity index (χ3n) is 2.51. The summed E-state index contributed by atoms with van der Waals surface area (Å²) in [6.45, 7) is 1.81. The third kappa shape index (κ3) is 1.84. The van der Waals surface area contributed by atoms with E-state index in [1.165, 1.54) is 17.0 Å². The van der Waals surface area contributed by atoms with E-state index in [9.17, 15) is 9.59 Å². The fourth-order valence-corrected chi connectivity index (χ4v) is 1.78. The summed E-state index contributed by atoms with van der Waals surface area (Å²) in [5, 5.41) is 11.4. The van der Waals surface area contributed by atoms with Gasteiger partial charge in [0.15, 0.2) is 0 Å². The quantitative estimate of drug-likeness (QED) is 0.747. The van der Waals surface area contributed by atoms with Crippen molar-refractivity contribution in [2.24, 2.45) is 0 Å². The highest BCUT2D eigenvalue weighted by Crippen LogP contribution is 2.23. The van der Waals surface area contributed by atoms with Crippen molar-refractivity contribution in [3.8, 4) is 5.75 Å². The number of rotatable bonds is 1. The van der Waals surface area contributed by atoms with Crippen molar-refractivity contribution in [3.63, 3.8) is 0 Å². The topological polar surface area (TPSA) is 69.6 Å². The number of hydrogen-bond acceptors (Lipinski definition) is 3. The maximum atomic E-state index is 11.6. The largest absolute Gasteiger partial charge is 0.508 e. The Morgan fingerprint density at radius 1 is 1.31 bits per heavy atom. The predicted octanol–water partition coefficient (Wildman–Crippen LogP) is 1.23. The van der Waals surface area contributed by atoms with Crippen LogP contribution in [0.4, 0.5) is 10.5 Å². The summed E-state index contributed by atoms with van der Waals surface area (Å²) in [7, 11) is 0. The Kier molecular flexibility index (Phi) is 2.52. The number of carbonyl (C=O) groups is 2. The molecule has 0 bridgehead atoms. The van der Waals surface area contributed by atoms with Gasteiger partial charge in [0.2, 0.25) is 5.91 Å². The van der Waals surface area contributed by atoms with Crippen LogP contribution < -0.4 is 10.2 Å². The second kappa shape index (κ2) is 3.84. The summed E-state index contributed by atoms with van der Waals surface area (Å²) in [5.74, 6) is -0.113. The molecule has 1 aliphatic heterocycles. The average molecular weight is 220 g/mol. The third-order valence-corrected chi connectivity index (χ3v) is 2.51. The maximum absolute atomic E-state index is 11.6. The van der Waals surface area contributed by atoms with E-state index in [2.05, 4.69) is 5.32 Å². The molecule has 1 fully saturated rings. The van der Waals surface area contributed by atoms with Gasteiger partial charge in [0.05, 0.1) is 0 Å². The number of hydrogen-bond donors (Lipinski definition) is 2. The van der Waals surface area contributed by atoms with Crippen molar-refractivity contribution in [2.75, 3.05) is 4.90 Å². The van der Waals surface area contributed by atoms with E-state index in [0.717, 1.165) is 0 Å². The second-order valence-corrected chi connectivity index (χ2v) is 3.79. The summed E-state index contributed by atoms with van der Waals surface area (Å²) in [4.78, 5) is 24.2. The minimum Gasteiger partial charge on any atom is -0.508 e. The summed E-state index contributed by atoms with van der Waals surface area (Å²) in [6.07, 6.45) is 0.284. The number of carbonyl (C=O) groups excluding carboxylic acids is 2. The van der Waals surface area contributed by atoms with Crippen molar-refractivity contribution in [1.82, 2.24) is 5.32 Å². The molecule has 0 spiro atoms. The first-order chi connectivity index (χ1) is 7.58. The van der Waals surface area contributed by atoms with Gasteiger partial charge in [-0.1, -0.05) is 0 Å². The smallest absolute Gasteiger partial charge is 0.328 e. The van der Waals surface area contributed by atoms with Gasteiger partial charge in [-0.3, -0.25) is 15.0 Å². The molecule has 0 aromatic heterocycles. The number of phenolic OH excluding ortho intramolecular Hbond substituents is 1. The molecule has 1 unspecified atom stereocenters. The lowest BCUT2D eigenvalue weighted by atomic mass is 10.1. The SMILES string of the molecule is CC1CC(=O)NC(=O)N1c1ccc(O)cc1. The molecule has 2 N–H and O–H groups in total. The van der Waals surface area contributed by atoms with Crippen molar-refractivity contribution < 1.29 is 14.7 Å². The van der Waals surface area contributed by atoms with Gasteiger partial charge in [0.1, 0.15) is 5.75 Å². The molecule has 5 heteroatoms. The van der Waals surface area contributed by atoms with Gasteiger partial charge in [0.25, 0.3) is 0 Å². The van der Waals surface area contributed by atoms with Crippen molar-refractivity contribution in [3.05, 3.63) is 24.3 Å². The van der Waals surface area contributed by atoms with E-state index in [1.54, 1.807) is 12.1 Å². The Morgan fingerprint density at radius 3 is 2.50 bits per heavy atom. The Bertz CT molecular complexity index is 427. The van der Waals surface area contributed by atoms with E-state index in [0.29, 0.717) is 5.69 Å². The molecule has 1 saturated heterocycles. The lowest BCUT2D eigenvalue weighted by Gasteiger charge is -2.32. The van der Waals surface area contributed by atoms with Crippen LogP contribution in [0, 0.1) is 0 Å². The van der Waals surface area contributed by atoms with Gasteiger partial charge in [-0.2, -0.15) is 0 Å². The van der Waals surface area contributed by atoms with Crippen LogP contribution in [0.3, 0.4) is 0 Å². The molecular weight excluding hydrogens is 208 g/mol. The molecule has 5 nitrogen and oxygen atoms in total. The number of imide groups is 1. The number of nitrogens with zero attached hydrogens (tertiary/aromatic N) is 1. The van der Waals surface area contributed by atoms with Gasteiger partial charge in [-0.05, 0) is 31.2 Å². The minimum absolute atomic E-state index is 0.143. The van der Waals surface area contributed by atoms with Gasteiger partial charge >= 0.3 is 6.03 Å². The van der Waals surface area contributed by atoms with Gasteiger partial charge in [-0.15, -0.1) is 0 Å². The number of amides is 3. The summed E-state index contributed by atoms with van der Waals surface area (Å²) in [6, 6.07) is 5.69. The number of urea groups is 1. The van der Waals surface area contributed by atoms with Gasteiger partial charge < -0.3 is 5.11 Å². The minimum atomic E-state index is -0.422. The van der Waals surface area contributed by atoms with Crippen LogP contribution in [-0.4, -0.2) is 23.1 Å². The lowest BCUT2D eigenvalue weighted by molar-refractivity contribution is -0.120. The van der Waals surface area contributed by atoms with Crippen LogP contribution in [0.5, 0.6) is 5.75 Å². The van der Waals surface area contributed by atoms with E-state index in [4.69, 9.17) is 5.11 Å². The van der Waals surface area contributed by atoms with Crippen LogP contribution in [0.2, 0.25) is 0 Å². The summed E-state index contributed by atoms with van der Waals surface area (Å²) < 4.78 is 0. The molecule has 1 heterocycles. The number of phenols is 1. The van der Waals surface area contributed by atoms with Crippen LogP contribution in [-0.2, 0) is 4.79 Å². The van der Waals surface area contributed by atoms with Crippen LogP contribution in [0.25, 0.3) is 0 Å². The molecule has 3 amide bonds. The van der Waals surface area contributed by atoms with Crippen LogP contribution in [0.1, 0.15) is 13.3 Å². The molecule has 1 aromatic rings. The Labute approximate surface area is 92.7 Å². The maximum Gasteiger partial charge on any atom is 0.328 e. The first kappa shape index (κ1) is 10.5. The monoisotopic (exact) mass is 220 g/mol. The number of nitrogens with one attached hydrogen (secondary N) is 1. The Morgan fingerprint density at radius 2 is 1.94 bits per heavy atom. The van der Waals surface area contributed by atoms with E-state index in [-0.39, 0.29) is 24.1 Å². The first-order valence-corrected chi connectivity index (χ1v) is 5.00. The number of benzene rings is 1. The summed E-state index contributed by atoms with van der Waals surface area (Å²) >= 11 is 0. The molecule has 2 rings (SSSR count). The molecule has 0 saturated carbocycles. The van der Waals surface area contributed by atoms with Crippen LogP contribution >= 0.6 is 0 Å². The lowest BCUT2D eigenvalue weighted by Crippen LogP contribution is -2.54. The Hall–Kier alpha value is -2.04. The van der Waals surface area contributed by atoms with Crippen molar-refractivity contribution in [2.45, 2.75) is 19.4 Å². The normalized spacial score (nSPS) is 20.8. The van der Waals surface area contributed by atoms with Crippen LogP contribution in [0.15, 0.2) is 24.3 Å². The molecular formula is C11H12N2O3. The highest BCUT2D eigenvalue weighted by Gasteiger charge is 2.30. The fraction of sp³-hybridized carbons (Fsp3) is 0.273.